The number of carboxylic acid groups (broad SMARTS) is 1. The summed E-state index contributed by atoms with van der Waals surface area (Å²) >= 11 is 0. The van der Waals surface area contributed by atoms with E-state index in [4.69, 9.17) is 9.53 Å². The van der Waals surface area contributed by atoms with E-state index in [2.05, 4.69) is 25.0 Å². The van der Waals surface area contributed by atoms with E-state index in [0.717, 1.165) is 13.0 Å². The fourth-order valence-corrected chi connectivity index (χ4v) is 2.89. The van der Waals surface area contributed by atoms with Crippen LogP contribution in [0, 0.1) is 0 Å². The molecule has 14 heavy (non-hydrogen) atoms. The minimum absolute atomic E-state index is 0.129. The number of aliphatic carboxylic acids is 1. The fraction of sp³-hybridized carbons (Fsp3) is 0.889. The molecule has 0 saturated carbocycles. The summed E-state index contributed by atoms with van der Waals surface area (Å²) in [5.74, 6) is -0.770. The SMILES string of the molecule is C[Si](C)(C)OC1CCNC(C(=O)O)C1. The molecule has 0 radical (unpaired) electrons. The van der Waals surface area contributed by atoms with Gasteiger partial charge in [0.25, 0.3) is 0 Å². The maximum Gasteiger partial charge on any atom is 0.320 e. The average molecular weight is 217 g/mol. The van der Waals surface area contributed by atoms with Gasteiger partial charge in [-0.25, -0.2) is 0 Å². The normalized spacial score (nSPS) is 28.8. The summed E-state index contributed by atoms with van der Waals surface area (Å²) in [5, 5.41) is 11.8. The monoisotopic (exact) mass is 217 g/mol. The third-order valence-electron chi connectivity index (χ3n) is 2.17. The van der Waals surface area contributed by atoms with Gasteiger partial charge in [-0.1, -0.05) is 0 Å². The van der Waals surface area contributed by atoms with Crippen molar-refractivity contribution in [2.45, 2.75) is 44.6 Å². The first-order valence-electron chi connectivity index (χ1n) is 5.02. The maximum absolute atomic E-state index is 10.8. The van der Waals surface area contributed by atoms with Gasteiger partial charge in [-0.2, -0.15) is 0 Å². The van der Waals surface area contributed by atoms with Crippen LogP contribution in [0.5, 0.6) is 0 Å². The molecule has 0 aromatic rings. The van der Waals surface area contributed by atoms with Crippen LogP contribution in [0.4, 0.5) is 0 Å². The van der Waals surface area contributed by atoms with Gasteiger partial charge in [0.05, 0.1) is 0 Å². The molecule has 82 valence electrons. The summed E-state index contributed by atoms with van der Waals surface area (Å²) in [6, 6.07) is -0.426. The first-order chi connectivity index (χ1) is 6.38. The average Bonchev–Trinajstić information content (AvgIpc) is 2.01. The molecule has 0 aromatic heterocycles. The lowest BCUT2D eigenvalue weighted by molar-refractivity contribution is -0.140. The van der Waals surface area contributed by atoms with Gasteiger partial charge in [-0.05, 0) is 39.0 Å². The number of hydrogen-bond acceptors (Lipinski definition) is 3. The molecule has 2 unspecified atom stereocenters. The molecule has 2 atom stereocenters. The van der Waals surface area contributed by atoms with Crippen LogP contribution >= 0.6 is 0 Å². The molecule has 5 heteroatoms. The van der Waals surface area contributed by atoms with Gasteiger partial charge in [0.2, 0.25) is 0 Å². The van der Waals surface area contributed by atoms with Crippen LogP contribution in [0.2, 0.25) is 19.6 Å². The highest BCUT2D eigenvalue weighted by Crippen LogP contribution is 2.17. The van der Waals surface area contributed by atoms with Crippen molar-refractivity contribution < 1.29 is 14.3 Å². The molecule has 2 N–H and O–H groups in total. The molecule has 0 bridgehead atoms. The Kier molecular flexibility index (Phi) is 3.69. The second-order valence-corrected chi connectivity index (χ2v) is 9.18. The Balaban J connectivity index is 2.44. The molecule has 4 nitrogen and oxygen atoms in total. The summed E-state index contributed by atoms with van der Waals surface area (Å²) in [7, 11) is -1.53. The number of rotatable bonds is 3. The van der Waals surface area contributed by atoms with Gasteiger partial charge in [0.1, 0.15) is 6.04 Å². The molecule has 0 aromatic carbocycles. The van der Waals surface area contributed by atoms with Gasteiger partial charge in [0.15, 0.2) is 8.32 Å². The van der Waals surface area contributed by atoms with Crippen molar-refractivity contribution in [1.29, 1.82) is 0 Å². The van der Waals surface area contributed by atoms with Crippen LogP contribution in [0.3, 0.4) is 0 Å². The van der Waals surface area contributed by atoms with E-state index in [9.17, 15) is 4.79 Å². The van der Waals surface area contributed by atoms with E-state index < -0.39 is 20.3 Å². The van der Waals surface area contributed by atoms with Crippen LogP contribution in [0.25, 0.3) is 0 Å². The molecule has 1 rings (SSSR count). The van der Waals surface area contributed by atoms with Crippen molar-refractivity contribution in [3.63, 3.8) is 0 Å². The summed E-state index contributed by atoms with van der Waals surface area (Å²) in [6.07, 6.45) is 1.65. The second kappa shape index (κ2) is 4.42. The van der Waals surface area contributed by atoms with Crippen molar-refractivity contribution in [2.75, 3.05) is 6.54 Å². The quantitative estimate of drug-likeness (QED) is 0.694. The number of carboxylic acids is 1. The highest BCUT2D eigenvalue weighted by atomic mass is 28.4. The van der Waals surface area contributed by atoms with Crippen LogP contribution in [0.15, 0.2) is 0 Å². The van der Waals surface area contributed by atoms with Crippen LogP contribution in [-0.2, 0) is 9.22 Å². The van der Waals surface area contributed by atoms with E-state index in [1.54, 1.807) is 0 Å². The zero-order valence-corrected chi connectivity index (χ0v) is 10.0. The maximum atomic E-state index is 10.8. The second-order valence-electron chi connectivity index (χ2n) is 4.72. The van der Waals surface area contributed by atoms with Gasteiger partial charge < -0.3 is 14.8 Å². The van der Waals surface area contributed by atoms with Crippen molar-refractivity contribution in [2.24, 2.45) is 0 Å². The molecule has 1 aliphatic heterocycles. The Morgan fingerprint density at radius 2 is 2.14 bits per heavy atom. The molecule has 0 spiro atoms. The Bertz CT molecular complexity index is 215. The number of hydrogen-bond donors (Lipinski definition) is 2. The lowest BCUT2D eigenvalue weighted by Gasteiger charge is -2.32. The van der Waals surface area contributed by atoms with Crippen molar-refractivity contribution >= 4 is 14.3 Å². The Labute approximate surface area is 85.8 Å². The van der Waals surface area contributed by atoms with Gasteiger partial charge in [0, 0.05) is 6.10 Å². The third kappa shape index (κ3) is 3.77. The van der Waals surface area contributed by atoms with Crippen molar-refractivity contribution in [3.05, 3.63) is 0 Å². The van der Waals surface area contributed by atoms with Crippen LogP contribution in [-0.4, -0.2) is 38.1 Å². The molecule has 0 aliphatic carbocycles. The van der Waals surface area contributed by atoms with E-state index >= 15 is 0 Å². The van der Waals surface area contributed by atoms with E-state index in [1.165, 1.54) is 0 Å². The van der Waals surface area contributed by atoms with E-state index in [-0.39, 0.29) is 6.10 Å². The Morgan fingerprint density at radius 3 is 2.64 bits per heavy atom. The summed E-state index contributed by atoms with van der Waals surface area (Å²) in [5.41, 5.74) is 0. The lowest BCUT2D eigenvalue weighted by Crippen LogP contribution is -2.48. The minimum atomic E-state index is -1.53. The van der Waals surface area contributed by atoms with Gasteiger partial charge >= 0.3 is 5.97 Å². The number of nitrogens with one attached hydrogen (secondary N) is 1. The molecular formula is C9H19NO3Si. The minimum Gasteiger partial charge on any atom is -0.480 e. The Hall–Kier alpha value is -0.393. The van der Waals surface area contributed by atoms with Crippen LogP contribution < -0.4 is 5.32 Å². The predicted octanol–water partition coefficient (Wildman–Crippen LogP) is 1.04. The molecule has 1 fully saturated rings. The summed E-state index contributed by atoms with van der Waals surface area (Å²) < 4.78 is 5.89. The first-order valence-corrected chi connectivity index (χ1v) is 8.43. The van der Waals surface area contributed by atoms with Gasteiger partial charge in [-0.15, -0.1) is 0 Å². The Morgan fingerprint density at radius 1 is 1.50 bits per heavy atom. The number of piperidine rings is 1. The van der Waals surface area contributed by atoms with Gasteiger partial charge in [-0.3, -0.25) is 4.79 Å². The molecule has 1 aliphatic rings. The van der Waals surface area contributed by atoms with Crippen molar-refractivity contribution in [3.8, 4) is 0 Å². The first kappa shape index (κ1) is 11.7. The zero-order valence-electron chi connectivity index (χ0n) is 9.04. The molecule has 1 heterocycles. The zero-order chi connectivity index (χ0) is 10.8. The highest BCUT2D eigenvalue weighted by molar-refractivity contribution is 6.69. The fourth-order valence-electron chi connectivity index (χ4n) is 1.68. The highest BCUT2D eigenvalue weighted by Gasteiger charge is 2.29. The topological polar surface area (TPSA) is 58.6 Å². The summed E-state index contributed by atoms with van der Waals surface area (Å²) in [4.78, 5) is 10.8. The van der Waals surface area contributed by atoms with E-state index in [0.29, 0.717) is 6.42 Å². The van der Waals surface area contributed by atoms with Crippen LogP contribution in [0.1, 0.15) is 12.8 Å². The lowest BCUT2D eigenvalue weighted by atomic mass is 10.0. The van der Waals surface area contributed by atoms with E-state index in [1.807, 2.05) is 0 Å². The molecule has 1 saturated heterocycles. The standard InChI is InChI=1S/C9H19NO3Si/c1-14(2,3)13-7-4-5-10-8(6-7)9(11)12/h7-8,10H,4-6H2,1-3H3,(H,11,12). The largest absolute Gasteiger partial charge is 0.480 e. The molecular weight excluding hydrogens is 198 g/mol. The van der Waals surface area contributed by atoms with Crippen molar-refractivity contribution in [1.82, 2.24) is 5.32 Å². The molecule has 0 amide bonds. The number of carbonyl (C=O) groups is 1. The summed E-state index contributed by atoms with van der Waals surface area (Å²) in [6.45, 7) is 7.13. The predicted molar refractivity (Wildman–Crippen MR) is 56.9 cm³/mol. The smallest absolute Gasteiger partial charge is 0.320 e. The third-order valence-corrected chi connectivity index (χ3v) is 3.21.